The molecule has 1 saturated heterocycles. The molecule has 2 aliphatic rings. The maximum absolute atomic E-state index is 12.6. The van der Waals surface area contributed by atoms with Gasteiger partial charge < -0.3 is 9.64 Å². The summed E-state index contributed by atoms with van der Waals surface area (Å²) in [5.74, 6) is 0.762. The van der Waals surface area contributed by atoms with Gasteiger partial charge in [-0.05, 0) is 36.5 Å². The van der Waals surface area contributed by atoms with Crippen LogP contribution in [0.2, 0.25) is 0 Å². The quantitative estimate of drug-likeness (QED) is 0.618. The van der Waals surface area contributed by atoms with Gasteiger partial charge in [-0.1, -0.05) is 24.3 Å². The first-order valence-electron chi connectivity index (χ1n) is 7.57. The third-order valence-corrected chi connectivity index (χ3v) is 4.35. The lowest BCUT2D eigenvalue weighted by Crippen LogP contribution is -2.44. The van der Waals surface area contributed by atoms with Crippen molar-refractivity contribution in [1.29, 1.82) is 0 Å². The third kappa shape index (κ3) is 3.14. The van der Waals surface area contributed by atoms with Crippen molar-refractivity contribution in [3.63, 3.8) is 0 Å². The molecule has 4 heteroatoms. The van der Waals surface area contributed by atoms with Crippen molar-refractivity contribution in [2.75, 3.05) is 25.6 Å². The van der Waals surface area contributed by atoms with Crippen molar-refractivity contribution in [1.82, 2.24) is 4.90 Å². The van der Waals surface area contributed by atoms with Gasteiger partial charge >= 0.3 is 0 Å². The predicted octanol–water partition coefficient (Wildman–Crippen LogP) is 3.18. The highest BCUT2D eigenvalue weighted by Crippen LogP contribution is 2.34. The van der Waals surface area contributed by atoms with Crippen molar-refractivity contribution in [3.8, 4) is 0 Å². The molecule has 0 saturated carbocycles. The Balaban J connectivity index is 1.58. The average molecular weight is 306 g/mol. The van der Waals surface area contributed by atoms with E-state index in [1.54, 1.807) is 0 Å². The zero-order valence-corrected chi connectivity index (χ0v) is 12.8. The Labute approximate surface area is 130 Å². The number of hydrogen-bond donors (Lipinski definition) is 0. The summed E-state index contributed by atoms with van der Waals surface area (Å²) >= 11 is 5.66. The Kier molecular flexibility index (Phi) is 4.61. The molecule has 0 bridgehead atoms. The first-order valence-corrected chi connectivity index (χ1v) is 8.11. The molecule has 21 heavy (non-hydrogen) atoms. The van der Waals surface area contributed by atoms with Crippen LogP contribution in [0.15, 0.2) is 24.3 Å². The van der Waals surface area contributed by atoms with E-state index in [4.69, 9.17) is 16.3 Å². The molecule has 0 N–H and O–H groups in total. The summed E-state index contributed by atoms with van der Waals surface area (Å²) in [6.45, 7) is 2.20. The first-order chi connectivity index (χ1) is 10.3. The van der Waals surface area contributed by atoms with Crippen LogP contribution in [0.4, 0.5) is 0 Å². The lowest BCUT2D eigenvalue weighted by atomic mass is 9.87. The van der Waals surface area contributed by atoms with Crippen LogP contribution in [0.5, 0.6) is 0 Å². The summed E-state index contributed by atoms with van der Waals surface area (Å²) in [5, 5.41) is 0. The van der Waals surface area contributed by atoms with E-state index in [0.29, 0.717) is 19.0 Å². The molecule has 0 spiro atoms. The van der Waals surface area contributed by atoms with E-state index < -0.39 is 0 Å². The van der Waals surface area contributed by atoms with Crippen molar-refractivity contribution in [2.24, 2.45) is 0 Å². The third-order valence-electron chi connectivity index (χ3n) is 4.08. The molecule has 0 radical (unpaired) electrons. The Morgan fingerprint density at radius 1 is 1.38 bits per heavy atom. The molecule has 1 heterocycles. The zero-order valence-electron chi connectivity index (χ0n) is 12.1. The van der Waals surface area contributed by atoms with Crippen LogP contribution in [0, 0.1) is 0 Å². The average Bonchev–Trinajstić information content (AvgIpc) is 2.49. The van der Waals surface area contributed by atoms with Crippen LogP contribution < -0.4 is 0 Å². The van der Waals surface area contributed by atoms with Crippen molar-refractivity contribution >= 4 is 29.2 Å². The normalized spacial score (nSPS) is 20.5. The molecule has 1 aromatic carbocycles. The van der Waals surface area contributed by atoms with Gasteiger partial charge in [0.2, 0.25) is 0 Å². The van der Waals surface area contributed by atoms with Gasteiger partial charge in [-0.3, -0.25) is 4.79 Å². The lowest BCUT2D eigenvalue weighted by Gasteiger charge is -2.34. The Morgan fingerprint density at radius 3 is 3.05 bits per heavy atom. The van der Waals surface area contributed by atoms with Crippen molar-refractivity contribution < 1.29 is 9.53 Å². The topological polar surface area (TPSA) is 29.5 Å². The number of ether oxygens (including phenoxy) is 1. The summed E-state index contributed by atoms with van der Waals surface area (Å²) in [6, 6.07) is 8.03. The van der Waals surface area contributed by atoms with E-state index in [1.165, 1.54) is 0 Å². The number of fused-ring (bicyclic) bond motifs is 1. The van der Waals surface area contributed by atoms with E-state index >= 15 is 0 Å². The van der Waals surface area contributed by atoms with Gasteiger partial charge in [-0.2, -0.15) is 0 Å². The summed E-state index contributed by atoms with van der Waals surface area (Å²) in [4.78, 5) is 14.5. The predicted molar refractivity (Wildman–Crippen MR) is 85.2 cm³/mol. The SMILES string of the molecule is O=C(C1=Cc2ccccc21)N1CCCC(OCCCCl)C1. The highest BCUT2D eigenvalue weighted by atomic mass is 35.5. The van der Waals surface area contributed by atoms with Crippen LogP contribution >= 0.6 is 11.6 Å². The van der Waals surface area contributed by atoms with Crippen LogP contribution in [0.25, 0.3) is 11.6 Å². The standard InChI is InChI=1S/C17H20ClNO2/c18-8-4-10-21-14-6-3-9-19(12-14)17(20)16-11-13-5-1-2-7-15(13)16/h1-2,5,7,11,14H,3-4,6,8-10,12H2. The molecule has 3 rings (SSSR count). The smallest absolute Gasteiger partial charge is 0.254 e. The van der Waals surface area contributed by atoms with E-state index in [9.17, 15) is 4.79 Å². The van der Waals surface area contributed by atoms with Gasteiger partial charge in [0, 0.05) is 31.1 Å². The second-order valence-electron chi connectivity index (χ2n) is 5.57. The fourth-order valence-electron chi connectivity index (χ4n) is 2.93. The minimum absolute atomic E-state index is 0.138. The summed E-state index contributed by atoms with van der Waals surface area (Å²) < 4.78 is 5.81. The van der Waals surface area contributed by atoms with Crippen LogP contribution in [-0.4, -0.2) is 42.5 Å². The monoisotopic (exact) mass is 305 g/mol. The van der Waals surface area contributed by atoms with Gasteiger partial charge in [-0.25, -0.2) is 0 Å². The molecule has 1 amide bonds. The number of alkyl halides is 1. The molecule has 0 aromatic heterocycles. The van der Waals surface area contributed by atoms with Gasteiger partial charge in [0.1, 0.15) is 0 Å². The second kappa shape index (κ2) is 6.63. The molecule has 1 aromatic rings. The van der Waals surface area contributed by atoms with E-state index in [0.717, 1.165) is 42.5 Å². The number of piperidine rings is 1. The van der Waals surface area contributed by atoms with Crippen LogP contribution in [0.1, 0.15) is 30.4 Å². The van der Waals surface area contributed by atoms with Gasteiger partial charge in [-0.15, -0.1) is 11.6 Å². The summed E-state index contributed by atoms with van der Waals surface area (Å²) in [5.41, 5.74) is 3.08. The number of carbonyl (C=O) groups is 1. The molecular weight excluding hydrogens is 286 g/mol. The van der Waals surface area contributed by atoms with Crippen molar-refractivity contribution in [3.05, 3.63) is 35.4 Å². The molecular formula is C17H20ClNO2. The minimum atomic E-state index is 0.138. The Morgan fingerprint density at radius 2 is 2.24 bits per heavy atom. The molecule has 1 atom stereocenters. The van der Waals surface area contributed by atoms with Crippen LogP contribution in [-0.2, 0) is 9.53 Å². The number of carbonyl (C=O) groups excluding carboxylic acids is 1. The number of hydrogen-bond acceptors (Lipinski definition) is 2. The largest absolute Gasteiger partial charge is 0.376 e. The van der Waals surface area contributed by atoms with Crippen molar-refractivity contribution in [2.45, 2.75) is 25.4 Å². The number of likely N-dealkylation sites (tertiary alicyclic amines) is 1. The second-order valence-corrected chi connectivity index (χ2v) is 5.95. The lowest BCUT2D eigenvalue weighted by molar-refractivity contribution is -0.129. The number of benzene rings is 1. The Bertz CT molecular complexity index is 555. The summed E-state index contributed by atoms with van der Waals surface area (Å²) in [7, 11) is 0. The first kappa shape index (κ1) is 14.6. The molecule has 1 aliphatic carbocycles. The minimum Gasteiger partial charge on any atom is -0.376 e. The number of halogens is 1. The molecule has 3 nitrogen and oxygen atoms in total. The summed E-state index contributed by atoms with van der Waals surface area (Å²) in [6.07, 6.45) is 5.04. The Hall–Kier alpha value is -1.32. The van der Waals surface area contributed by atoms with E-state index in [-0.39, 0.29) is 12.0 Å². The van der Waals surface area contributed by atoms with Gasteiger partial charge in [0.15, 0.2) is 0 Å². The fourth-order valence-corrected chi connectivity index (χ4v) is 3.04. The highest BCUT2D eigenvalue weighted by Gasteiger charge is 2.30. The van der Waals surface area contributed by atoms with Gasteiger partial charge in [0.25, 0.3) is 5.91 Å². The fraction of sp³-hybridized carbons (Fsp3) is 0.471. The number of nitrogens with zero attached hydrogens (tertiary/aromatic N) is 1. The molecule has 1 fully saturated rings. The molecule has 112 valence electrons. The van der Waals surface area contributed by atoms with E-state index in [2.05, 4.69) is 0 Å². The maximum Gasteiger partial charge on any atom is 0.254 e. The number of rotatable bonds is 5. The highest BCUT2D eigenvalue weighted by molar-refractivity contribution is 6.29. The molecule has 1 aliphatic heterocycles. The number of amides is 1. The van der Waals surface area contributed by atoms with Crippen LogP contribution in [0.3, 0.4) is 0 Å². The molecule has 1 unspecified atom stereocenters. The van der Waals surface area contributed by atoms with E-state index in [1.807, 2.05) is 35.2 Å². The zero-order chi connectivity index (χ0) is 14.7. The van der Waals surface area contributed by atoms with Gasteiger partial charge in [0.05, 0.1) is 6.10 Å². The maximum atomic E-state index is 12.6.